The van der Waals surface area contributed by atoms with Crippen molar-refractivity contribution in [3.05, 3.63) is 48.7 Å². The van der Waals surface area contributed by atoms with Crippen LogP contribution >= 0.6 is 0 Å². The first kappa shape index (κ1) is 12.5. The van der Waals surface area contributed by atoms with Crippen molar-refractivity contribution in [2.75, 3.05) is 13.2 Å². The monoisotopic (exact) mass is 279 g/mol. The molecule has 1 aliphatic heterocycles. The van der Waals surface area contributed by atoms with Crippen molar-refractivity contribution in [1.82, 2.24) is 14.5 Å². The van der Waals surface area contributed by atoms with Crippen molar-refractivity contribution in [3.8, 4) is 11.4 Å². The smallest absolute Gasteiger partial charge is 0.160 e. The predicted molar refractivity (Wildman–Crippen MR) is 81.9 cm³/mol. The normalized spacial score (nSPS) is 18.4. The van der Waals surface area contributed by atoms with Crippen LogP contribution in [0.3, 0.4) is 0 Å². The van der Waals surface area contributed by atoms with Crippen LogP contribution in [0.2, 0.25) is 0 Å². The minimum atomic E-state index is 0.548. The van der Waals surface area contributed by atoms with Gasteiger partial charge >= 0.3 is 0 Å². The predicted octanol–water partition coefficient (Wildman–Crippen LogP) is 3.13. The van der Waals surface area contributed by atoms with Crippen LogP contribution in [0.5, 0.6) is 0 Å². The molecule has 106 valence electrons. The Morgan fingerprint density at radius 2 is 2.05 bits per heavy atom. The van der Waals surface area contributed by atoms with Gasteiger partial charge in [0.05, 0.1) is 6.61 Å². The summed E-state index contributed by atoms with van der Waals surface area (Å²) in [4.78, 5) is 9.31. The van der Waals surface area contributed by atoms with Crippen LogP contribution < -0.4 is 0 Å². The zero-order valence-electron chi connectivity index (χ0n) is 11.8. The Morgan fingerprint density at radius 3 is 2.86 bits per heavy atom. The van der Waals surface area contributed by atoms with Gasteiger partial charge in [-0.1, -0.05) is 30.3 Å². The second-order valence-electron chi connectivity index (χ2n) is 5.49. The van der Waals surface area contributed by atoms with Gasteiger partial charge in [0.1, 0.15) is 11.3 Å². The number of pyridine rings is 1. The number of aromatic nitrogens is 3. The molecule has 1 fully saturated rings. The van der Waals surface area contributed by atoms with Gasteiger partial charge in [0, 0.05) is 30.8 Å². The van der Waals surface area contributed by atoms with Crippen LogP contribution in [0.1, 0.15) is 6.42 Å². The summed E-state index contributed by atoms with van der Waals surface area (Å²) in [5.41, 5.74) is 3.05. The van der Waals surface area contributed by atoms with Gasteiger partial charge in [-0.2, -0.15) is 0 Å². The zero-order chi connectivity index (χ0) is 14.1. The van der Waals surface area contributed by atoms with E-state index in [1.54, 1.807) is 0 Å². The third kappa shape index (κ3) is 2.32. The first-order valence-electron chi connectivity index (χ1n) is 7.36. The minimum absolute atomic E-state index is 0.548. The second-order valence-corrected chi connectivity index (χ2v) is 5.49. The molecule has 1 aliphatic rings. The van der Waals surface area contributed by atoms with Gasteiger partial charge < -0.3 is 9.30 Å². The highest BCUT2D eigenvalue weighted by Crippen LogP contribution is 2.26. The molecule has 0 N–H and O–H groups in total. The quantitative estimate of drug-likeness (QED) is 0.739. The molecule has 1 aromatic carbocycles. The van der Waals surface area contributed by atoms with E-state index in [0.717, 1.165) is 48.7 Å². The Balaban J connectivity index is 1.84. The molecular formula is C17H17N3O. The number of fused-ring (bicyclic) bond motifs is 1. The molecule has 1 unspecified atom stereocenters. The molecule has 1 atom stereocenters. The third-order valence-electron chi connectivity index (χ3n) is 4.00. The number of benzene rings is 1. The lowest BCUT2D eigenvalue weighted by molar-refractivity contribution is 0.183. The maximum absolute atomic E-state index is 5.51. The van der Waals surface area contributed by atoms with Crippen LogP contribution in [0.25, 0.3) is 22.6 Å². The molecule has 0 saturated carbocycles. The summed E-state index contributed by atoms with van der Waals surface area (Å²) in [6.45, 7) is 2.61. The summed E-state index contributed by atoms with van der Waals surface area (Å²) in [6, 6.07) is 14.3. The molecule has 1 saturated heterocycles. The molecule has 2 aromatic heterocycles. The van der Waals surface area contributed by atoms with Gasteiger partial charge in [-0.25, -0.2) is 9.97 Å². The molecular weight excluding hydrogens is 262 g/mol. The summed E-state index contributed by atoms with van der Waals surface area (Å²) in [5, 5.41) is 0. The number of rotatable bonds is 3. The van der Waals surface area contributed by atoms with Gasteiger partial charge in [0.25, 0.3) is 0 Å². The molecule has 21 heavy (non-hydrogen) atoms. The maximum Gasteiger partial charge on any atom is 0.160 e. The molecule has 0 radical (unpaired) electrons. The molecule has 0 spiro atoms. The number of ether oxygens (including phenoxy) is 1. The lowest BCUT2D eigenvalue weighted by Gasteiger charge is -2.12. The van der Waals surface area contributed by atoms with E-state index in [1.165, 1.54) is 0 Å². The number of nitrogens with zero attached hydrogens (tertiary/aromatic N) is 3. The van der Waals surface area contributed by atoms with E-state index in [-0.39, 0.29) is 0 Å². The molecule has 4 nitrogen and oxygen atoms in total. The van der Waals surface area contributed by atoms with Gasteiger partial charge in [0.2, 0.25) is 0 Å². The van der Waals surface area contributed by atoms with Gasteiger partial charge in [-0.3, -0.25) is 0 Å². The topological polar surface area (TPSA) is 39.9 Å². The first-order chi connectivity index (χ1) is 10.4. The number of imidazole rings is 1. The number of hydrogen-bond donors (Lipinski definition) is 0. The van der Waals surface area contributed by atoms with Crippen LogP contribution in [-0.4, -0.2) is 27.7 Å². The van der Waals surface area contributed by atoms with Crippen LogP contribution in [-0.2, 0) is 11.3 Å². The molecule has 0 amide bonds. The first-order valence-corrected chi connectivity index (χ1v) is 7.36. The number of hydrogen-bond acceptors (Lipinski definition) is 3. The highest BCUT2D eigenvalue weighted by Gasteiger charge is 2.20. The summed E-state index contributed by atoms with van der Waals surface area (Å²) < 4.78 is 7.75. The highest BCUT2D eigenvalue weighted by atomic mass is 16.5. The van der Waals surface area contributed by atoms with Crippen molar-refractivity contribution >= 4 is 11.2 Å². The lowest BCUT2D eigenvalue weighted by Crippen LogP contribution is -2.12. The SMILES string of the molecule is c1ccc(-c2nc3cccnc3n2CC2CCOC2)cc1. The van der Waals surface area contributed by atoms with Crippen molar-refractivity contribution < 1.29 is 4.74 Å². The van der Waals surface area contributed by atoms with Crippen LogP contribution in [0.4, 0.5) is 0 Å². The molecule has 3 heterocycles. The second kappa shape index (κ2) is 5.30. The maximum atomic E-state index is 5.51. The Labute approximate surface area is 123 Å². The van der Waals surface area contributed by atoms with E-state index < -0.39 is 0 Å². The average Bonchev–Trinajstić information content (AvgIpc) is 3.17. The summed E-state index contributed by atoms with van der Waals surface area (Å²) in [6.07, 6.45) is 2.95. The lowest BCUT2D eigenvalue weighted by atomic mass is 10.1. The van der Waals surface area contributed by atoms with Crippen molar-refractivity contribution in [1.29, 1.82) is 0 Å². The van der Waals surface area contributed by atoms with E-state index in [0.29, 0.717) is 5.92 Å². The van der Waals surface area contributed by atoms with Crippen LogP contribution in [0, 0.1) is 5.92 Å². The summed E-state index contributed by atoms with van der Waals surface area (Å²) in [7, 11) is 0. The molecule has 0 bridgehead atoms. The largest absolute Gasteiger partial charge is 0.381 e. The van der Waals surface area contributed by atoms with Crippen LogP contribution in [0.15, 0.2) is 48.7 Å². The van der Waals surface area contributed by atoms with Gasteiger partial charge in [-0.05, 0) is 18.6 Å². The summed E-state index contributed by atoms with van der Waals surface area (Å²) >= 11 is 0. The fourth-order valence-corrected chi connectivity index (χ4v) is 2.92. The average molecular weight is 279 g/mol. The molecule has 0 aliphatic carbocycles. The van der Waals surface area contributed by atoms with E-state index in [2.05, 4.69) is 21.7 Å². The molecule has 4 heteroatoms. The van der Waals surface area contributed by atoms with E-state index in [4.69, 9.17) is 9.72 Å². The standard InChI is InChI=1S/C17H17N3O/c1-2-5-14(6-3-1)16-19-15-7-4-9-18-17(15)20(16)11-13-8-10-21-12-13/h1-7,9,13H,8,10-12H2. The fourth-order valence-electron chi connectivity index (χ4n) is 2.92. The highest BCUT2D eigenvalue weighted by molar-refractivity contribution is 5.77. The van der Waals surface area contributed by atoms with E-state index in [1.807, 2.05) is 36.5 Å². The summed E-state index contributed by atoms with van der Waals surface area (Å²) in [5.74, 6) is 1.54. The zero-order valence-corrected chi connectivity index (χ0v) is 11.8. The third-order valence-corrected chi connectivity index (χ3v) is 4.00. The molecule has 3 aromatic rings. The van der Waals surface area contributed by atoms with Gasteiger partial charge in [0.15, 0.2) is 5.65 Å². The molecule has 4 rings (SSSR count). The minimum Gasteiger partial charge on any atom is -0.381 e. The van der Waals surface area contributed by atoms with Crippen molar-refractivity contribution in [3.63, 3.8) is 0 Å². The van der Waals surface area contributed by atoms with E-state index >= 15 is 0 Å². The Kier molecular flexibility index (Phi) is 3.16. The van der Waals surface area contributed by atoms with Crippen molar-refractivity contribution in [2.45, 2.75) is 13.0 Å². The van der Waals surface area contributed by atoms with Gasteiger partial charge in [-0.15, -0.1) is 0 Å². The van der Waals surface area contributed by atoms with Crippen molar-refractivity contribution in [2.24, 2.45) is 5.92 Å². The Morgan fingerprint density at radius 1 is 1.14 bits per heavy atom. The Bertz CT molecular complexity index is 745. The van der Waals surface area contributed by atoms with E-state index in [9.17, 15) is 0 Å². The fraction of sp³-hybridized carbons (Fsp3) is 0.294. The Hall–Kier alpha value is -2.20.